The normalized spacial score (nSPS) is 10.5. The minimum atomic E-state index is -0.489. The van der Waals surface area contributed by atoms with Crippen LogP contribution in [0.2, 0.25) is 0 Å². The Morgan fingerprint density at radius 1 is 1.03 bits per heavy atom. The number of nitro groups is 1. The van der Waals surface area contributed by atoms with E-state index < -0.39 is 10.8 Å². The van der Waals surface area contributed by atoms with Crippen molar-refractivity contribution in [2.75, 3.05) is 11.9 Å². The zero-order valence-corrected chi connectivity index (χ0v) is 18.6. The van der Waals surface area contributed by atoms with Gasteiger partial charge in [0.25, 0.3) is 5.69 Å². The molecule has 3 aromatic rings. The van der Waals surface area contributed by atoms with Crippen LogP contribution in [-0.2, 0) is 11.2 Å². The van der Waals surface area contributed by atoms with Crippen LogP contribution < -0.4 is 15.4 Å². The summed E-state index contributed by atoms with van der Waals surface area (Å²) < 4.78 is 5.77. The second kappa shape index (κ2) is 12.1. The van der Waals surface area contributed by atoms with Crippen molar-refractivity contribution in [1.29, 1.82) is 0 Å². The van der Waals surface area contributed by atoms with Crippen LogP contribution >= 0.6 is 12.2 Å². The van der Waals surface area contributed by atoms with Crippen LogP contribution in [-0.4, -0.2) is 22.5 Å². The number of hydrogen-bond acceptors (Lipinski definition) is 5. The summed E-state index contributed by atoms with van der Waals surface area (Å²) in [4.78, 5) is 22.4. The summed E-state index contributed by atoms with van der Waals surface area (Å²) in [6.45, 7) is 0.618. The Morgan fingerprint density at radius 3 is 2.52 bits per heavy atom. The van der Waals surface area contributed by atoms with E-state index in [4.69, 9.17) is 17.0 Å². The number of rotatable bonds is 9. The standard InChI is InChI=1S/C25H23N3O4S/c29-24(16-11-20-8-4-10-22(18-20)28(30)31)27-25(33)26-21-12-14-23(15-13-21)32-17-5-9-19-6-2-1-3-7-19/h1-4,6-8,10-16,18H,5,9,17H2,(H2,26,27,29,33)/b16-11+. The Hall–Kier alpha value is -4.04. The smallest absolute Gasteiger partial charge is 0.270 e. The molecule has 0 heterocycles. The van der Waals surface area contributed by atoms with E-state index in [1.807, 2.05) is 42.5 Å². The van der Waals surface area contributed by atoms with Gasteiger partial charge >= 0.3 is 0 Å². The molecule has 0 aromatic heterocycles. The maximum Gasteiger partial charge on any atom is 0.270 e. The summed E-state index contributed by atoms with van der Waals surface area (Å²) in [5.74, 6) is 0.306. The number of hydrogen-bond donors (Lipinski definition) is 2. The van der Waals surface area contributed by atoms with Crippen LogP contribution in [0.15, 0.2) is 84.9 Å². The zero-order chi connectivity index (χ0) is 23.5. The van der Waals surface area contributed by atoms with Crippen LogP contribution in [0.1, 0.15) is 17.5 Å². The van der Waals surface area contributed by atoms with Crippen molar-refractivity contribution in [3.8, 4) is 5.75 Å². The van der Waals surface area contributed by atoms with Crippen LogP contribution in [0.5, 0.6) is 5.75 Å². The van der Waals surface area contributed by atoms with Crippen molar-refractivity contribution in [2.24, 2.45) is 0 Å². The van der Waals surface area contributed by atoms with Crippen LogP contribution in [0, 0.1) is 10.1 Å². The second-order valence-corrected chi connectivity index (χ2v) is 7.50. The Balaban J connectivity index is 1.41. The number of ether oxygens (including phenoxy) is 1. The van der Waals surface area contributed by atoms with Crippen molar-refractivity contribution in [3.05, 3.63) is 106 Å². The van der Waals surface area contributed by atoms with Gasteiger partial charge in [-0.05, 0) is 66.5 Å². The van der Waals surface area contributed by atoms with Crippen LogP contribution in [0.3, 0.4) is 0 Å². The Labute approximate surface area is 197 Å². The molecule has 3 rings (SSSR count). The maximum atomic E-state index is 12.1. The highest BCUT2D eigenvalue weighted by molar-refractivity contribution is 7.80. The van der Waals surface area contributed by atoms with Gasteiger partial charge in [-0.3, -0.25) is 20.2 Å². The predicted molar refractivity (Wildman–Crippen MR) is 133 cm³/mol. The van der Waals surface area contributed by atoms with E-state index in [0.29, 0.717) is 17.9 Å². The molecule has 7 nitrogen and oxygen atoms in total. The van der Waals surface area contributed by atoms with E-state index >= 15 is 0 Å². The molecule has 0 fully saturated rings. The van der Waals surface area contributed by atoms with Crippen molar-refractivity contribution in [2.45, 2.75) is 12.8 Å². The van der Waals surface area contributed by atoms with Crippen molar-refractivity contribution < 1.29 is 14.5 Å². The van der Waals surface area contributed by atoms with Gasteiger partial charge in [0, 0.05) is 23.9 Å². The summed E-state index contributed by atoms with van der Waals surface area (Å²) in [7, 11) is 0. The highest BCUT2D eigenvalue weighted by Gasteiger charge is 2.05. The fourth-order valence-electron chi connectivity index (χ4n) is 2.98. The van der Waals surface area contributed by atoms with Gasteiger partial charge in [-0.25, -0.2) is 0 Å². The lowest BCUT2D eigenvalue weighted by atomic mass is 10.1. The molecule has 0 unspecified atom stereocenters. The minimum Gasteiger partial charge on any atom is -0.494 e. The van der Waals surface area contributed by atoms with Gasteiger partial charge in [0.05, 0.1) is 11.5 Å². The number of nitro benzene ring substituents is 1. The highest BCUT2D eigenvalue weighted by atomic mass is 32.1. The third-order valence-electron chi connectivity index (χ3n) is 4.58. The summed E-state index contributed by atoms with van der Waals surface area (Å²) >= 11 is 5.17. The van der Waals surface area contributed by atoms with E-state index in [0.717, 1.165) is 18.6 Å². The molecule has 0 saturated carbocycles. The predicted octanol–water partition coefficient (Wildman–Crippen LogP) is 5.13. The third kappa shape index (κ3) is 8.19. The fourth-order valence-corrected chi connectivity index (χ4v) is 3.19. The average Bonchev–Trinajstić information content (AvgIpc) is 2.82. The first-order valence-electron chi connectivity index (χ1n) is 10.3. The summed E-state index contributed by atoms with van der Waals surface area (Å²) in [5.41, 5.74) is 2.49. The topological polar surface area (TPSA) is 93.5 Å². The molecule has 33 heavy (non-hydrogen) atoms. The quantitative estimate of drug-likeness (QED) is 0.151. The average molecular weight is 462 g/mol. The summed E-state index contributed by atoms with van der Waals surface area (Å²) in [6.07, 6.45) is 4.63. The summed E-state index contributed by atoms with van der Waals surface area (Å²) in [5, 5.41) is 16.4. The number of benzene rings is 3. The SMILES string of the molecule is O=C(/C=C/c1cccc([N+](=O)[O-])c1)NC(=S)Nc1ccc(OCCCc2ccccc2)cc1. The Bertz CT molecular complexity index is 1130. The van der Waals surface area contributed by atoms with Crippen molar-refractivity contribution >= 4 is 40.7 Å². The number of amides is 1. The number of nitrogens with zero attached hydrogens (tertiary/aromatic N) is 1. The van der Waals surface area contributed by atoms with E-state index in [9.17, 15) is 14.9 Å². The molecule has 0 atom stereocenters. The number of aryl methyl sites for hydroxylation is 1. The van der Waals surface area contributed by atoms with Crippen molar-refractivity contribution in [3.63, 3.8) is 0 Å². The molecule has 168 valence electrons. The Kier molecular flexibility index (Phi) is 8.67. The first-order chi connectivity index (χ1) is 16.0. The molecular formula is C25H23N3O4S. The largest absolute Gasteiger partial charge is 0.494 e. The molecule has 3 aromatic carbocycles. The first-order valence-corrected chi connectivity index (χ1v) is 10.7. The van der Waals surface area contributed by atoms with E-state index in [1.54, 1.807) is 12.1 Å². The second-order valence-electron chi connectivity index (χ2n) is 7.09. The molecule has 0 aliphatic rings. The molecule has 0 spiro atoms. The molecule has 0 bridgehead atoms. The van der Waals surface area contributed by atoms with E-state index in [-0.39, 0.29) is 10.8 Å². The number of anilines is 1. The Morgan fingerprint density at radius 2 is 1.79 bits per heavy atom. The van der Waals surface area contributed by atoms with Gasteiger partial charge in [-0.15, -0.1) is 0 Å². The van der Waals surface area contributed by atoms with Gasteiger partial charge in [-0.1, -0.05) is 42.5 Å². The van der Waals surface area contributed by atoms with Gasteiger partial charge in [0.15, 0.2) is 5.11 Å². The molecule has 1 amide bonds. The lowest BCUT2D eigenvalue weighted by molar-refractivity contribution is -0.384. The number of carbonyl (C=O) groups excluding carboxylic acids is 1. The van der Waals surface area contributed by atoms with Gasteiger partial charge < -0.3 is 10.1 Å². The zero-order valence-electron chi connectivity index (χ0n) is 17.8. The van der Waals surface area contributed by atoms with Crippen LogP contribution in [0.25, 0.3) is 6.08 Å². The van der Waals surface area contributed by atoms with Crippen LogP contribution in [0.4, 0.5) is 11.4 Å². The molecule has 0 saturated heterocycles. The molecule has 0 aliphatic heterocycles. The maximum absolute atomic E-state index is 12.1. The fraction of sp³-hybridized carbons (Fsp3) is 0.120. The molecule has 0 radical (unpaired) electrons. The third-order valence-corrected chi connectivity index (χ3v) is 4.78. The molecule has 2 N–H and O–H groups in total. The molecular weight excluding hydrogens is 438 g/mol. The van der Waals surface area contributed by atoms with Crippen molar-refractivity contribution in [1.82, 2.24) is 5.32 Å². The monoisotopic (exact) mass is 461 g/mol. The van der Waals surface area contributed by atoms with Gasteiger partial charge in [0.1, 0.15) is 5.75 Å². The molecule has 8 heteroatoms. The number of thiocarbonyl (C=S) groups is 1. The van der Waals surface area contributed by atoms with Gasteiger partial charge in [0.2, 0.25) is 5.91 Å². The summed E-state index contributed by atoms with van der Waals surface area (Å²) in [6, 6.07) is 23.5. The lowest BCUT2D eigenvalue weighted by Crippen LogP contribution is -2.32. The first kappa shape index (κ1) is 23.6. The van der Waals surface area contributed by atoms with Gasteiger partial charge in [-0.2, -0.15) is 0 Å². The number of non-ortho nitro benzene ring substituents is 1. The number of nitrogens with one attached hydrogen (secondary N) is 2. The highest BCUT2D eigenvalue weighted by Crippen LogP contribution is 2.16. The lowest BCUT2D eigenvalue weighted by Gasteiger charge is -2.10. The van der Waals surface area contributed by atoms with E-state index in [1.165, 1.54) is 29.8 Å². The number of carbonyl (C=O) groups is 1. The minimum absolute atomic E-state index is 0.0432. The van der Waals surface area contributed by atoms with E-state index in [2.05, 4.69) is 22.8 Å². The molecule has 0 aliphatic carbocycles.